The van der Waals surface area contributed by atoms with Crippen LogP contribution in [0.3, 0.4) is 0 Å². The highest BCUT2D eigenvalue weighted by Crippen LogP contribution is 2.33. The Balaban J connectivity index is 1.49. The van der Waals surface area contributed by atoms with Crippen LogP contribution in [0.1, 0.15) is 30.0 Å². The van der Waals surface area contributed by atoms with Crippen LogP contribution in [0, 0.1) is 0 Å². The molecular formula is C21H20ClN3O3. The van der Waals surface area contributed by atoms with Crippen LogP contribution >= 0.6 is 11.6 Å². The first-order valence-corrected chi connectivity index (χ1v) is 9.57. The van der Waals surface area contributed by atoms with E-state index in [1.165, 1.54) is 11.1 Å². The van der Waals surface area contributed by atoms with Crippen molar-refractivity contribution in [2.24, 2.45) is 0 Å². The van der Waals surface area contributed by atoms with E-state index in [0.717, 1.165) is 24.2 Å². The maximum Gasteiger partial charge on any atom is 0.325 e. The van der Waals surface area contributed by atoms with Gasteiger partial charge in [-0.3, -0.25) is 14.5 Å². The lowest BCUT2D eigenvalue weighted by Crippen LogP contribution is -2.42. The number of nitrogens with one attached hydrogen (secondary N) is 2. The van der Waals surface area contributed by atoms with Gasteiger partial charge in [0, 0.05) is 16.3 Å². The van der Waals surface area contributed by atoms with Crippen molar-refractivity contribution in [3.05, 3.63) is 64.2 Å². The summed E-state index contributed by atoms with van der Waals surface area (Å²) in [5, 5.41) is 5.82. The molecule has 4 amide bonds. The minimum atomic E-state index is -1.30. The molecule has 0 spiro atoms. The number of imide groups is 1. The van der Waals surface area contributed by atoms with Crippen molar-refractivity contribution in [3.63, 3.8) is 0 Å². The summed E-state index contributed by atoms with van der Waals surface area (Å²) < 4.78 is 0. The van der Waals surface area contributed by atoms with E-state index in [1.807, 2.05) is 18.2 Å². The predicted octanol–water partition coefficient (Wildman–Crippen LogP) is 3.23. The number of benzene rings is 2. The second kappa shape index (κ2) is 6.95. The van der Waals surface area contributed by atoms with E-state index in [0.29, 0.717) is 16.3 Å². The predicted molar refractivity (Wildman–Crippen MR) is 106 cm³/mol. The number of aryl methyl sites for hydroxylation is 2. The van der Waals surface area contributed by atoms with E-state index in [4.69, 9.17) is 11.6 Å². The molecule has 0 aromatic heterocycles. The number of hydrogen-bond donors (Lipinski definition) is 2. The zero-order valence-electron chi connectivity index (χ0n) is 15.4. The van der Waals surface area contributed by atoms with Gasteiger partial charge in [-0.15, -0.1) is 0 Å². The Bertz CT molecular complexity index is 991. The van der Waals surface area contributed by atoms with Gasteiger partial charge in [0.1, 0.15) is 12.1 Å². The summed E-state index contributed by atoms with van der Waals surface area (Å²) in [6.45, 7) is 1.23. The summed E-state index contributed by atoms with van der Waals surface area (Å²) in [5.41, 5.74) is 2.41. The summed E-state index contributed by atoms with van der Waals surface area (Å²) in [5.74, 6) is -0.931. The molecule has 0 bridgehead atoms. The molecule has 1 atom stereocenters. The van der Waals surface area contributed by atoms with Gasteiger partial charge in [-0.1, -0.05) is 35.9 Å². The van der Waals surface area contributed by atoms with Crippen LogP contribution in [-0.2, 0) is 28.0 Å². The Morgan fingerprint density at radius 1 is 1.18 bits per heavy atom. The van der Waals surface area contributed by atoms with E-state index in [2.05, 4.69) is 10.6 Å². The van der Waals surface area contributed by atoms with Crippen molar-refractivity contribution in [2.45, 2.75) is 31.7 Å². The lowest BCUT2D eigenvalue weighted by Gasteiger charge is -2.23. The van der Waals surface area contributed by atoms with Crippen LogP contribution in [0.5, 0.6) is 0 Å². The number of urea groups is 1. The topological polar surface area (TPSA) is 78.5 Å². The summed E-state index contributed by atoms with van der Waals surface area (Å²) in [6.07, 6.45) is 3.19. The number of carbonyl (C=O) groups excluding carboxylic acids is 3. The third-order valence-corrected chi connectivity index (χ3v) is 5.70. The number of rotatable bonds is 4. The third kappa shape index (κ3) is 3.14. The highest BCUT2D eigenvalue weighted by molar-refractivity contribution is 6.32. The zero-order valence-corrected chi connectivity index (χ0v) is 16.2. The Morgan fingerprint density at radius 2 is 1.93 bits per heavy atom. The first-order valence-electron chi connectivity index (χ1n) is 9.19. The minimum absolute atomic E-state index is 0.359. The normalized spacial score (nSPS) is 20.9. The Morgan fingerprint density at radius 3 is 2.71 bits per heavy atom. The van der Waals surface area contributed by atoms with Gasteiger partial charge >= 0.3 is 6.03 Å². The number of anilines is 1. The molecule has 4 rings (SSSR count). The highest BCUT2D eigenvalue weighted by atomic mass is 35.5. The second-order valence-corrected chi connectivity index (χ2v) is 7.72. The largest absolute Gasteiger partial charge is 0.325 e. The lowest BCUT2D eigenvalue weighted by molar-refractivity contribution is -0.133. The monoisotopic (exact) mass is 397 g/mol. The number of carbonyl (C=O) groups is 3. The molecular weight excluding hydrogens is 378 g/mol. The Hall–Kier alpha value is -2.86. The molecule has 0 saturated carbocycles. The molecule has 0 radical (unpaired) electrons. The highest BCUT2D eigenvalue weighted by Gasteiger charge is 2.50. The van der Waals surface area contributed by atoms with Crippen LogP contribution in [0.4, 0.5) is 10.5 Å². The molecule has 2 N–H and O–H groups in total. The maximum absolute atomic E-state index is 12.9. The van der Waals surface area contributed by atoms with Crippen LogP contribution in [0.2, 0.25) is 5.02 Å². The molecule has 1 heterocycles. The third-order valence-electron chi connectivity index (χ3n) is 5.37. The van der Waals surface area contributed by atoms with Crippen LogP contribution < -0.4 is 10.6 Å². The fraction of sp³-hybridized carbons (Fsp3) is 0.286. The van der Waals surface area contributed by atoms with Gasteiger partial charge in [-0.25, -0.2) is 4.79 Å². The van der Waals surface area contributed by atoms with Crippen molar-refractivity contribution in [1.82, 2.24) is 10.2 Å². The molecule has 28 heavy (non-hydrogen) atoms. The van der Waals surface area contributed by atoms with Gasteiger partial charge in [0.05, 0.1) is 0 Å². The van der Waals surface area contributed by atoms with Crippen molar-refractivity contribution in [2.75, 3.05) is 11.9 Å². The molecule has 6 nitrogen and oxygen atoms in total. The molecule has 1 aliphatic carbocycles. The van der Waals surface area contributed by atoms with Gasteiger partial charge in [0.2, 0.25) is 5.91 Å². The summed E-state index contributed by atoms with van der Waals surface area (Å²) >= 11 is 6.21. The number of hydrogen-bond acceptors (Lipinski definition) is 3. The fourth-order valence-corrected chi connectivity index (χ4v) is 4.21. The molecule has 1 saturated heterocycles. The Kier molecular flexibility index (Phi) is 4.59. The number of fused-ring (bicyclic) bond motifs is 1. The van der Waals surface area contributed by atoms with Gasteiger partial charge in [0.15, 0.2) is 0 Å². The van der Waals surface area contributed by atoms with E-state index < -0.39 is 23.4 Å². The van der Waals surface area contributed by atoms with Crippen molar-refractivity contribution in [3.8, 4) is 0 Å². The molecule has 144 valence electrons. The van der Waals surface area contributed by atoms with E-state index >= 15 is 0 Å². The number of halogens is 1. The zero-order chi connectivity index (χ0) is 19.9. The molecule has 2 aromatic rings. The second-order valence-electron chi connectivity index (χ2n) is 7.31. The van der Waals surface area contributed by atoms with Crippen molar-refractivity contribution in [1.29, 1.82) is 0 Å². The van der Waals surface area contributed by atoms with Crippen molar-refractivity contribution < 1.29 is 14.4 Å². The van der Waals surface area contributed by atoms with Crippen LogP contribution in [0.25, 0.3) is 0 Å². The number of amides is 4. The standard InChI is InChI=1S/C21H20ClN3O3/c1-21(16-7-2-3-8-17(16)22)19(27)25(20(28)24-21)12-18(26)23-15-10-9-13-5-4-6-14(13)11-15/h2-3,7-11H,4-6,12H2,1H3,(H,23,26)(H,24,28). The lowest BCUT2D eigenvalue weighted by atomic mass is 9.92. The molecule has 7 heteroatoms. The van der Waals surface area contributed by atoms with Crippen LogP contribution in [0.15, 0.2) is 42.5 Å². The molecule has 1 fully saturated rings. The summed E-state index contributed by atoms with van der Waals surface area (Å²) in [7, 11) is 0. The average molecular weight is 398 g/mol. The van der Waals surface area contributed by atoms with Crippen LogP contribution in [-0.4, -0.2) is 29.3 Å². The molecule has 1 unspecified atom stereocenters. The molecule has 2 aliphatic rings. The SMILES string of the molecule is CC1(c2ccccc2Cl)NC(=O)N(CC(=O)Nc2ccc3c(c2)CCC3)C1=O. The maximum atomic E-state index is 12.9. The van der Waals surface area contributed by atoms with Gasteiger partial charge in [0.25, 0.3) is 5.91 Å². The van der Waals surface area contributed by atoms with Gasteiger partial charge in [-0.05, 0) is 55.5 Å². The first-order chi connectivity index (χ1) is 13.4. The fourth-order valence-electron chi connectivity index (χ4n) is 3.88. The smallest absolute Gasteiger partial charge is 0.325 e. The van der Waals surface area contributed by atoms with E-state index in [9.17, 15) is 14.4 Å². The summed E-state index contributed by atoms with van der Waals surface area (Å²) in [6, 6.07) is 12.0. The van der Waals surface area contributed by atoms with Gasteiger partial charge in [-0.2, -0.15) is 0 Å². The number of nitrogens with zero attached hydrogens (tertiary/aromatic N) is 1. The van der Waals surface area contributed by atoms with Gasteiger partial charge < -0.3 is 10.6 Å². The minimum Gasteiger partial charge on any atom is -0.325 e. The van der Waals surface area contributed by atoms with Crippen molar-refractivity contribution >= 4 is 35.1 Å². The molecule has 2 aromatic carbocycles. The molecule has 1 aliphatic heterocycles. The Labute approximate surface area is 167 Å². The summed E-state index contributed by atoms with van der Waals surface area (Å²) in [4.78, 5) is 38.7. The first kappa shape index (κ1) is 18.5. The quantitative estimate of drug-likeness (QED) is 0.777. The van der Waals surface area contributed by atoms with E-state index in [-0.39, 0.29) is 6.54 Å². The average Bonchev–Trinajstić information content (AvgIpc) is 3.20. The van der Waals surface area contributed by atoms with E-state index in [1.54, 1.807) is 31.2 Å².